The molecule has 3 rings (SSSR count). The van der Waals surface area contributed by atoms with Crippen molar-refractivity contribution in [1.29, 1.82) is 0 Å². The molecule has 0 bridgehead atoms. The third kappa shape index (κ3) is 1.26. The van der Waals surface area contributed by atoms with Crippen LogP contribution in [0, 0.1) is 11.8 Å². The normalized spacial score (nSPS) is 33.9. The number of amides is 1. The Labute approximate surface area is 86.5 Å². The maximum Gasteiger partial charge on any atom is 0.261 e. The summed E-state index contributed by atoms with van der Waals surface area (Å²) in [5.74, 6) is 1.48. The van der Waals surface area contributed by atoms with Crippen molar-refractivity contribution in [3.8, 4) is 0 Å². The zero-order chi connectivity index (χ0) is 9.54. The molecule has 74 valence electrons. The summed E-state index contributed by atoms with van der Waals surface area (Å²) in [6.07, 6.45) is 0. The second-order valence-electron chi connectivity index (χ2n) is 3.96. The predicted molar refractivity (Wildman–Crippen MR) is 55.4 cm³/mol. The lowest BCUT2D eigenvalue weighted by molar-refractivity contribution is 0.0950. The monoisotopic (exact) mass is 208 g/mol. The number of carbonyl (C=O) groups is 1. The number of hydrogen-bond acceptors (Lipinski definition) is 3. The van der Waals surface area contributed by atoms with Crippen LogP contribution >= 0.6 is 11.3 Å². The number of rotatable bonds is 2. The molecule has 1 aliphatic heterocycles. The quantitative estimate of drug-likeness (QED) is 0.751. The van der Waals surface area contributed by atoms with E-state index in [0.717, 1.165) is 18.0 Å². The Morgan fingerprint density at radius 3 is 2.93 bits per heavy atom. The van der Waals surface area contributed by atoms with Crippen molar-refractivity contribution in [2.45, 2.75) is 6.04 Å². The second kappa shape index (κ2) is 3.07. The Bertz CT molecular complexity index is 339. The molecule has 0 aromatic carbocycles. The predicted octanol–water partition coefficient (Wildman–Crippen LogP) is 0.696. The molecular formula is C10H12N2OS. The number of hydrogen-bond donors (Lipinski definition) is 2. The van der Waals surface area contributed by atoms with Gasteiger partial charge in [0.15, 0.2) is 0 Å². The molecule has 1 aromatic rings. The molecule has 1 aromatic heterocycles. The number of carbonyl (C=O) groups excluding carboxylic acids is 1. The molecule has 14 heavy (non-hydrogen) atoms. The first-order valence-electron chi connectivity index (χ1n) is 4.91. The molecule has 1 saturated heterocycles. The highest BCUT2D eigenvalue weighted by Gasteiger charge is 2.53. The van der Waals surface area contributed by atoms with Gasteiger partial charge in [-0.3, -0.25) is 4.79 Å². The van der Waals surface area contributed by atoms with Gasteiger partial charge in [0, 0.05) is 19.1 Å². The van der Waals surface area contributed by atoms with Crippen molar-refractivity contribution in [2.24, 2.45) is 11.8 Å². The minimum atomic E-state index is 0.0967. The van der Waals surface area contributed by atoms with Crippen LogP contribution in [-0.2, 0) is 0 Å². The van der Waals surface area contributed by atoms with Crippen LogP contribution in [0.2, 0.25) is 0 Å². The van der Waals surface area contributed by atoms with Gasteiger partial charge in [-0.05, 0) is 23.3 Å². The fourth-order valence-corrected chi connectivity index (χ4v) is 2.89. The van der Waals surface area contributed by atoms with Crippen molar-refractivity contribution in [2.75, 3.05) is 13.1 Å². The Balaban J connectivity index is 1.61. The summed E-state index contributed by atoms with van der Waals surface area (Å²) in [6, 6.07) is 4.22. The zero-order valence-corrected chi connectivity index (χ0v) is 8.51. The SMILES string of the molecule is O=C(NC1[C@H]2CNC[C@@H]12)c1cccs1. The smallest absolute Gasteiger partial charge is 0.261 e. The Hall–Kier alpha value is -0.870. The largest absolute Gasteiger partial charge is 0.348 e. The zero-order valence-electron chi connectivity index (χ0n) is 7.69. The first-order chi connectivity index (χ1) is 6.86. The standard InChI is InChI=1S/C10H12N2OS/c13-10(8-2-1-3-14-8)12-9-6-4-11-5-7(6)9/h1-3,6-7,9,11H,4-5H2,(H,12,13)/t6-,7+,9?. The number of piperidine rings is 1. The lowest BCUT2D eigenvalue weighted by atomic mass is 10.4. The van der Waals surface area contributed by atoms with Crippen LogP contribution < -0.4 is 10.6 Å². The molecule has 2 aliphatic rings. The van der Waals surface area contributed by atoms with E-state index >= 15 is 0 Å². The summed E-state index contributed by atoms with van der Waals surface area (Å²) < 4.78 is 0. The van der Waals surface area contributed by atoms with Crippen LogP contribution in [0.25, 0.3) is 0 Å². The van der Waals surface area contributed by atoms with Gasteiger partial charge in [-0.15, -0.1) is 11.3 Å². The molecule has 1 amide bonds. The third-order valence-corrected chi connectivity index (χ3v) is 4.00. The van der Waals surface area contributed by atoms with E-state index in [1.807, 2.05) is 17.5 Å². The Kier molecular flexibility index (Phi) is 1.85. The summed E-state index contributed by atoms with van der Waals surface area (Å²) >= 11 is 1.50. The summed E-state index contributed by atoms with van der Waals surface area (Å²) in [6.45, 7) is 2.14. The average molecular weight is 208 g/mol. The number of nitrogens with one attached hydrogen (secondary N) is 2. The van der Waals surface area contributed by atoms with Gasteiger partial charge in [0.2, 0.25) is 0 Å². The Morgan fingerprint density at radius 1 is 1.50 bits per heavy atom. The van der Waals surface area contributed by atoms with Crippen LogP contribution in [0.15, 0.2) is 17.5 Å². The fraction of sp³-hybridized carbons (Fsp3) is 0.500. The van der Waals surface area contributed by atoms with Crippen molar-refractivity contribution < 1.29 is 4.79 Å². The lowest BCUT2D eigenvalue weighted by Gasteiger charge is -2.05. The maximum atomic E-state index is 11.7. The minimum Gasteiger partial charge on any atom is -0.348 e. The molecule has 2 fully saturated rings. The van der Waals surface area contributed by atoms with Gasteiger partial charge in [0.1, 0.15) is 0 Å². The highest BCUT2D eigenvalue weighted by molar-refractivity contribution is 7.12. The fourth-order valence-electron chi connectivity index (χ4n) is 2.26. The van der Waals surface area contributed by atoms with Crippen LogP contribution in [-0.4, -0.2) is 25.0 Å². The number of fused-ring (bicyclic) bond motifs is 1. The molecule has 2 N–H and O–H groups in total. The molecule has 1 unspecified atom stereocenters. The van der Waals surface area contributed by atoms with Crippen molar-refractivity contribution in [3.05, 3.63) is 22.4 Å². The average Bonchev–Trinajstić information content (AvgIpc) is 2.75. The van der Waals surface area contributed by atoms with E-state index in [1.165, 1.54) is 11.3 Å². The van der Waals surface area contributed by atoms with Crippen molar-refractivity contribution >= 4 is 17.2 Å². The molecule has 0 radical (unpaired) electrons. The van der Waals surface area contributed by atoms with E-state index in [9.17, 15) is 4.79 Å². The van der Waals surface area contributed by atoms with Crippen LogP contribution in [0.5, 0.6) is 0 Å². The van der Waals surface area contributed by atoms with Crippen LogP contribution in [0.4, 0.5) is 0 Å². The summed E-state index contributed by atoms with van der Waals surface area (Å²) in [7, 11) is 0. The molecule has 3 atom stereocenters. The van der Waals surface area contributed by atoms with E-state index in [1.54, 1.807) is 0 Å². The van der Waals surface area contributed by atoms with Gasteiger partial charge in [-0.1, -0.05) is 6.07 Å². The van der Waals surface area contributed by atoms with Crippen LogP contribution in [0.1, 0.15) is 9.67 Å². The van der Waals surface area contributed by atoms with Gasteiger partial charge >= 0.3 is 0 Å². The summed E-state index contributed by atoms with van der Waals surface area (Å²) in [5.41, 5.74) is 0. The van der Waals surface area contributed by atoms with Crippen molar-refractivity contribution in [1.82, 2.24) is 10.6 Å². The van der Waals surface area contributed by atoms with E-state index in [0.29, 0.717) is 17.9 Å². The van der Waals surface area contributed by atoms with E-state index in [4.69, 9.17) is 0 Å². The topological polar surface area (TPSA) is 41.1 Å². The van der Waals surface area contributed by atoms with Gasteiger partial charge in [0.25, 0.3) is 5.91 Å². The van der Waals surface area contributed by atoms with Gasteiger partial charge < -0.3 is 10.6 Å². The van der Waals surface area contributed by atoms with Crippen LogP contribution in [0.3, 0.4) is 0 Å². The van der Waals surface area contributed by atoms with E-state index < -0.39 is 0 Å². The van der Waals surface area contributed by atoms with Gasteiger partial charge in [-0.2, -0.15) is 0 Å². The molecule has 4 heteroatoms. The second-order valence-corrected chi connectivity index (χ2v) is 4.91. The minimum absolute atomic E-state index is 0.0967. The third-order valence-electron chi connectivity index (χ3n) is 3.13. The maximum absolute atomic E-state index is 11.7. The highest BCUT2D eigenvalue weighted by atomic mass is 32.1. The molecule has 1 aliphatic carbocycles. The number of thiophene rings is 1. The summed E-state index contributed by atoms with van der Waals surface area (Å²) in [4.78, 5) is 12.5. The molecular weight excluding hydrogens is 196 g/mol. The van der Waals surface area contributed by atoms with Gasteiger partial charge in [0.05, 0.1) is 4.88 Å². The molecule has 0 spiro atoms. The first kappa shape index (κ1) is 8.44. The first-order valence-corrected chi connectivity index (χ1v) is 5.79. The van der Waals surface area contributed by atoms with Gasteiger partial charge in [-0.25, -0.2) is 0 Å². The molecule has 3 nitrogen and oxygen atoms in total. The molecule has 2 heterocycles. The molecule has 1 saturated carbocycles. The van der Waals surface area contributed by atoms with E-state index in [-0.39, 0.29) is 5.91 Å². The highest BCUT2D eigenvalue weighted by Crippen LogP contribution is 2.41. The van der Waals surface area contributed by atoms with Crippen molar-refractivity contribution in [3.63, 3.8) is 0 Å². The summed E-state index contributed by atoms with van der Waals surface area (Å²) in [5, 5.41) is 8.34. The lowest BCUT2D eigenvalue weighted by Crippen LogP contribution is -2.32. The van der Waals surface area contributed by atoms with E-state index in [2.05, 4.69) is 10.6 Å². The Morgan fingerprint density at radius 2 is 2.29 bits per heavy atom.